The molecule has 2 unspecified atom stereocenters. The van der Waals surface area contributed by atoms with Crippen molar-refractivity contribution in [1.82, 2.24) is 4.72 Å². The van der Waals surface area contributed by atoms with Gasteiger partial charge in [-0.15, -0.1) is 0 Å². The highest BCUT2D eigenvalue weighted by Gasteiger charge is 2.28. The predicted molar refractivity (Wildman–Crippen MR) is 109 cm³/mol. The van der Waals surface area contributed by atoms with Gasteiger partial charge in [-0.1, -0.05) is 42.3 Å². The minimum atomic E-state index is -3.51. The summed E-state index contributed by atoms with van der Waals surface area (Å²) in [6, 6.07) is 6.91. The Bertz CT molecular complexity index is 772. The SMILES string of the molecule is O=C(O)CCC/C=C/CC1CCCC1NS(=O)(=O)/C=C/c1ccc(Cl)cc1. The van der Waals surface area contributed by atoms with Crippen molar-refractivity contribution in [3.05, 3.63) is 52.4 Å². The minimum absolute atomic E-state index is 0.0615. The maximum Gasteiger partial charge on any atom is 0.303 e. The molecular weight excluding hydrogens is 386 g/mol. The molecule has 0 amide bonds. The summed E-state index contributed by atoms with van der Waals surface area (Å²) in [5.41, 5.74) is 0.775. The lowest BCUT2D eigenvalue weighted by molar-refractivity contribution is -0.137. The zero-order chi connectivity index (χ0) is 19.7. The molecule has 1 aromatic carbocycles. The second-order valence-corrected chi connectivity index (χ2v) is 8.84. The standard InChI is InChI=1S/C20H26ClNO4S/c21-18-12-10-16(11-13-18)14-15-27(25,26)22-19-8-5-7-17(19)6-3-1-2-4-9-20(23)24/h1,3,10-15,17,19,22H,2,4-9H2,(H,23,24)/b3-1+,15-14+. The van der Waals surface area contributed by atoms with E-state index < -0.39 is 16.0 Å². The van der Waals surface area contributed by atoms with Gasteiger partial charge < -0.3 is 5.11 Å². The molecule has 0 radical (unpaired) electrons. The largest absolute Gasteiger partial charge is 0.481 e. The van der Waals surface area contributed by atoms with Gasteiger partial charge in [0.05, 0.1) is 0 Å². The van der Waals surface area contributed by atoms with Crippen molar-refractivity contribution in [2.24, 2.45) is 5.92 Å². The smallest absolute Gasteiger partial charge is 0.303 e. The number of hydrogen-bond acceptors (Lipinski definition) is 3. The van der Waals surface area contributed by atoms with E-state index in [2.05, 4.69) is 4.72 Å². The fourth-order valence-electron chi connectivity index (χ4n) is 3.23. The highest BCUT2D eigenvalue weighted by Crippen LogP contribution is 2.29. The highest BCUT2D eigenvalue weighted by atomic mass is 35.5. The first kappa shape index (κ1) is 21.7. The number of unbranched alkanes of at least 4 members (excludes halogenated alkanes) is 1. The number of sulfonamides is 1. The molecule has 0 saturated heterocycles. The van der Waals surface area contributed by atoms with Crippen LogP contribution in [-0.2, 0) is 14.8 Å². The summed E-state index contributed by atoms with van der Waals surface area (Å²) in [6.45, 7) is 0. The van der Waals surface area contributed by atoms with Crippen LogP contribution in [0.3, 0.4) is 0 Å². The molecule has 1 aromatic rings. The van der Waals surface area contributed by atoms with Gasteiger partial charge in [0, 0.05) is 22.9 Å². The normalized spacial score (nSPS) is 20.6. The van der Waals surface area contributed by atoms with Crippen LogP contribution in [0, 0.1) is 5.92 Å². The molecule has 0 aliphatic heterocycles. The summed E-state index contributed by atoms with van der Waals surface area (Å²) in [5, 5.41) is 10.4. The quantitative estimate of drug-likeness (QED) is 0.435. The molecule has 1 fully saturated rings. The van der Waals surface area contributed by atoms with Crippen LogP contribution in [0.15, 0.2) is 41.8 Å². The lowest BCUT2D eigenvalue weighted by atomic mass is 10.00. The van der Waals surface area contributed by atoms with Gasteiger partial charge in [0.2, 0.25) is 10.0 Å². The zero-order valence-corrected chi connectivity index (χ0v) is 16.8. The third kappa shape index (κ3) is 8.28. The summed E-state index contributed by atoms with van der Waals surface area (Å²) in [6.07, 6.45) is 10.8. The summed E-state index contributed by atoms with van der Waals surface area (Å²) < 4.78 is 27.5. The number of carboxylic acid groups (broad SMARTS) is 1. The molecule has 0 bridgehead atoms. The van der Waals surface area contributed by atoms with E-state index in [-0.39, 0.29) is 18.4 Å². The first-order valence-corrected chi connectivity index (χ1v) is 11.1. The van der Waals surface area contributed by atoms with Crippen LogP contribution >= 0.6 is 11.6 Å². The lowest BCUT2D eigenvalue weighted by Gasteiger charge is -2.18. The van der Waals surface area contributed by atoms with Crippen molar-refractivity contribution < 1.29 is 18.3 Å². The maximum atomic E-state index is 12.4. The second-order valence-electron chi connectivity index (χ2n) is 6.81. The summed E-state index contributed by atoms with van der Waals surface area (Å²) in [4.78, 5) is 10.5. The van der Waals surface area contributed by atoms with Gasteiger partial charge in [-0.3, -0.25) is 4.79 Å². The van der Waals surface area contributed by atoms with Crippen LogP contribution in [0.25, 0.3) is 6.08 Å². The fraction of sp³-hybridized carbons (Fsp3) is 0.450. The lowest BCUT2D eigenvalue weighted by Crippen LogP contribution is -2.36. The molecule has 1 aliphatic carbocycles. The van der Waals surface area contributed by atoms with E-state index in [1.165, 1.54) is 5.41 Å². The van der Waals surface area contributed by atoms with Crippen LogP contribution in [0.1, 0.15) is 50.5 Å². The Labute approximate surface area is 166 Å². The number of hydrogen-bond donors (Lipinski definition) is 2. The average Bonchev–Trinajstić information content (AvgIpc) is 3.03. The van der Waals surface area contributed by atoms with E-state index in [1.54, 1.807) is 30.3 Å². The second kappa shape index (κ2) is 10.6. The van der Waals surface area contributed by atoms with E-state index in [0.717, 1.165) is 37.7 Å². The fourth-order valence-corrected chi connectivity index (χ4v) is 4.50. The van der Waals surface area contributed by atoms with Crippen molar-refractivity contribution >= 4 is 33.7 Å². The van der Waals surface area contributed by atoms with E-state index in [9.17, 15) is 13.2 Å². The first-order valence-electron chi connectivity index (χ1n) is 9.18. The Balaban J connectivity index is 1.84. The molecule has 0 spiro atoms. The number of rotatable bonds is 10. The topological polar surface area (TPSA) is 83.5 Å². The van der Waals surface area contributed by atoms with Crippen molar-refractivity contribution in [2.45, 2.75) is 51.0 Å². The number of halogens is 1. The van der Waals surface area contributed by atoms with Crippen molar-refractivity contribution in [2.75, 3.05) is 0 Å². The number of allylic oxidation sites excluding steroid dienone is 2. The number of nitrogens with one attached hydrogen (secondary N) is 1. The Hall–Kier alpha value is -1.63. The predicted octanol–water partition coefficient (Wildman–Crippen LogP) is 4.60. The van der Waals surface area contributed by atoms with Gasteiger partial charge in [0.25, 0.3) is 0 Å². The first-order chi connectivity index (χ1) is 12.9. The molecule has 1 saturated carbocycles. The Kier molecular flexibility index (Phi) is 8.54. The summed E-state index contributed by atoms with van der Waals surface area (Å²) >= 11 is 5.83. The Morgan fingerprint density at radius 1 is 1.22 bits per heavy atom. The van der Waals surface area contributed by atoms with Gasteiger partial charge in [-0.2, -0.15) is 0 Å². The highest BCUT2D eigenvalue weighted by molar-refractivity contribution is 7.92. The number of benzene rings is 1. The molecule has 0 heterocycles. The van der Waals surface area contributed by atoms with Crippen LogP contribution in [0.2, 0.25) is 5.02 Å². The van der Waals surface area contributed by atoms with Gasteiger partial charge in [-0.25, -0.2) is 13.1 Å². The molecular formula is C20H26ClNO4S. The molecule has 2 rings (SSSR count). The van der Waals surface area contributed by atoms with Crippen LogP contribution < -0.4 is 4.72 Å². The van der Waals surface area contributed by atoms with Crippen molar-refractivity contribution in [1.29, 1.82) is 0 Å². The van der Waals surface area contributed by atoms with E-state index in [4.69, 9.17) is 16.7 Å². The molecule has 5 nitrogen and oxygen atoms in total. The van der Waals surface area contributed by atoms with Gasteiger partial charge in [0.15, 0.2) is 0 Å². The molecule has 1 aliphatic rings. The van der Waals surface area contributed by atoms with Crippen molar-refractivity contribution in [3.63, 3.8) is 0 Å². The summed E-state index contributed by atoms with van der Waals surface area (Å²) in [5.74, 6) is -0.500. The zero-order valence-electron chi connectivity index (χ0n) is 15.2. The molecule has 27 heavy (non-hydrogen) atoms. The third-order valence-corrected chi connectivity index (χ3v) is 6.03. The Morgan fingerprint density at radius 2 is 1.96 bits per heavy atom. The molecule has 148 valence electrons. The van der Waals surface area contributed by atoms with Gasteiger partial charge in [0.1, 0.15) is 0 Å². The van der Waals surface area contributed by atoms with Crippen LogP contribution in [0.4, 0.5) is 0 Å². The molecule has 2 N–H and O–H groups in total. The van der Waals surface area contributed by atoms with Crippen molar-refractivity contribution in [3.8, 4) is 0 Å². The number of aliphatic carboxylic acids is 1. The van der Waals surface area contributed by atoms with E-state index in [0.29, 0.717) is 11.4 Å². The van der Waals surface area contributed by atoms with E-state index in [1.807, 2.05) is 12.2 Å². The number of carboxylic acids is 1. The van der Waals surface area contributed by atoms with E-state index >= 15 is 0 Å². The molecule has 2 atom stereocenters. The number of carbonyl (C=O) groups is 1. The van der Waals surface area contributed by atoms with Crippen LogP contribution in [0.5, 0.6) is 0 Å². The van der Waals surface area contributed by atoms with Crippen LogP contribution in [-0.4, -0.2) is 25.5 Å². The van der Waals surface area contributed by atoms with Gasteiger partial charge >= 0.3 is 5.97 Å². The molecule has 0 aromatic heterocycles. The Morgan fingerprint density at radius 3 is 2.67 bits per heavy atom. The summed E-state index contributed by atoms with van der Waals surface area (Å²) in [7, 11) is -3.51. The molecule has 7 heteroatoms. The minimum Gasteiger partial charge on any atom is -0.481 e. The average molecular weight is 412 g/mol. The maximum absolute atomic E-state index is 12.4. The van der Waals surface area contributed by atoms with Gasteiger partial charge in [-0.05, 0) is 61.8 Å². The third-order valence-electron chi connectivity index (χ3n) is 4.65. The monoisotopic (exact) mass is 411 g/mol.